The first-order chi connectivity index (χ1) is 28.8. The Morgan fingerprint density at radius 3 is 2.34 bits per heavy atom. The number of aromatic nitrogens is 6. The minimum Gasteiger partial charge on any atom is -0.344 e. The third kappa shape index (κ3) is 7.25. The van der Waals surface area contributed by atoms with Crippen LogP contribution in [0.15, 0.2) is 53.3 Å². The highest BCUT2D eigenvalue weighted by atomic mass is 35.5. The van der Waals surface area contributed by atoms with E-state index < -0.39 is 110 Å². The zero-order chi connectivity index (χ0) is 45.2. The Bertz CT molecular complexity index is 3020. The van der Waals surface area contributed by atoms with Gasteiger partial charge in [0.05, 0.1) is 44.8 Å². The fourth-order valence-electron chi connectivity index (χ4n) is 8.21. The van der Waals surface area contributed by atoms with Crippen LogP contribution in [0.4, 0.5) is 40.9 Å². The molecule has 0 spiro atoms. The van der Waals surface area contributed by atoms with Gasteiger partial charge in [-0.25, -0.2) is 39.7 Å². The van der Waals surface area contributed by atoms with Crippen molar-refractivity contribution in [1.82, 2.24) is 34.4 Å². The topological polar surface area (TPSA) is 146 Å². The molecule has 1 unspecified atom stereocenters. The zero-order valence-corrected chi connectivity index (χ0v) is 34.7. The van der Waals surface area contributed by atoms with E-state index in [9.17, 15) is 35.6 Å². The first-order valence-corrected chi connectivity index (χ1v) is 21.1. The van der Waals surface area contributed by atoms with Gasteiger partial charge in [0.15, 0.2) is 5.82 Å². The number of benzene rings is 3. The van der Waals surface area contributed by atoms with Gasteiger partial charge in [0, 0.05) is 42.0 Å². The van der Waals surface area contributed by atoms with Crippen molar-refractivity contribution in [2.75, 3.05) is 11.0 Å². The second kappa shape index (κ2) is 14.5. The van der Waals surface area contributed by atoms with E-state index in [1.807, 2.05) is 0 Å². The molecule has 328 valence electrons. The summed E-state index contributed by atoms with van der Waals surface area (Å²) < 4.78 is 150. The van der Waals surface area contributed by atoms with Gasteiger partial charge in [-0.2, -0.15) is 19.0 Å². The van der Waals surface area contributed by atoms with Crippen LogP contribution in [0.3, 0.4) is 0 Å². The number of anilines is 1. The Labute approximate surface area is 351 Å². The maximum absolute atomic E-state index is 15.8. The Balaban J connectivity index is 1.36. The SMILES string of the molecule is Cn1nc(NS(C)(=O)=O)c2c(Cl)ccc(-n3c([C@H](Cc4cc(F)cc(F)c4)NC(=O)Cn4nc(C(F)F)c5c4C(F)(F)C4C[C@H]54)nc4cc(C(F)(F)C(C)(C)C)ccc4c3=O)c21. The van der Waals surface area contributed by atoms with Crippen molar-refractivity contribution in [3.05, 3.63) is 109 Å². The molecule has 0 radical (unpaired) electrons. The highest BCUT2D eigenvalue weighted by molar-refractivity contribution is 7.92. The van der Waals surface area contributed by atoms with E-state index in [4.69, 9.17) is 11.6 Å². The van der Waals surface area contributed by atoms with Gasteiger partial charge in [-0.3, -0.25) is 28.2 Å². The van der Waals surface area contributed by atoms with E-state index >= 15 is 17.6 Å². The van der Waals surface area contributed by atoms with Crippen LogP contribution in [0, 0.1) is 23.0 Å². The molecule has 2 aliphatic rings. The summed E-state index contributed by atoms with van der Waals surface area (Å²) >= 11 is 6.58. The van der Waals surface area contributed by atoms with Crippen LogP contribution in [-0.4, -0.2) is 49.7 Å². The van der Waals surface area contributed by atoms with Crippen molar-refractivity contribution in [3.63, 3.8) is 0 Å². The summed E-state index contributed by atoms with van der Waals surface area (Å²) in [5, 5.41) is 10.2. The monoisotopic (exact) mass is 910 g/mol. The van der Waals surface area contributed by atoms with Crippen LogP contribution in [0.2, 0.25) is 5.02 Å². The average molecular weight is 911 g/mol. The molecule has 3 atom stereocenters. The molecule has 62 heavy (non-hydrogen) atoms. The van der Waals surface area contributed by atoms with E-state index in [-0.39, 0.29) is 55.9 Å². The first kappa shape index (κ1) is 43.1. The summed E-state index contributed by atoms with van der Waals surface area (Å²) in [6.45, 7) is 2.82. The van der Waals surface area contributed by atoms with E-state index in [2.05, 4.69) is 25.2 Å². The lowest BCUT2D eigenvalue weighted by atomic mass is 9.83. The molecular formula is C40H35ClF8N8O4S. The number of nitrogens with zero attached hydrogens (tertiary/aromatic N) is 6. The van der Waals surface area contributed by atoms with Gasteiger partial charge in [-0.05, 0) is 54.3 Å². The van der Waals surface area contributed by atoms with Crippen LogP contribution in [0.25, 0.3) is 27.5 Å². The number of carbonyl (C=O) groups is 1. The average Bonchev–Trinajstić information content (AvgIpc) is 3.69. The van der Waals surface area contributed by atoms with E-state index in [1.54, 1.807) is 0 Å². The third-order valence-electron chi connectivity index (χ3n) is 11.1. The number of alkyl halides is 6. The van der Waals surface area contributed by atoms with E-state index in [0.717, 1.165) is 41.2 Å². The van der Waals surface area contributed by atoms with Crippen molar-refractivity contribution in [2.45, 2.75) is 70.4 Å². The lowest BCUT2D eigenvalue weighted by Crippen LogP contribution is -2.38. The molecule has 1 fully saturated rings. The molecule has 0 bridgehead atoms. The van der Waals surface area contributed by atoms with Gasteiger partial charge in [0.1, 0.15) is 35.4 Å². The molecule has 0 saturated heterocycles. The van der Waals surface area contributed by atoms with Crippen LogP contribution in [0.1, 0.15) is 79.5 Å². The van der Waals surface area contributed by atoms with Crippen molar-refractivity contribution >= 4 is 55.2 Å². The number of fused-ring (bicyclic) bond motifs is 5. The Hall–Kier alpha value is -5.57. The molecule has 2 N–H and O–H groups in total. The summed E-state index contributed by atoms with van der Waals surface area (Å²) in [5.74, 6) is -13.2. The fraction of sp³-hybridized carbons (Fsp3) is 0.375. The summed E-state index contributed by atoms with van der Waals surface area (Å²) in [4.78, 5) is 33.6. The maximum atomic E-state index is 15.8. The zero-order valence-electron chi connectivity index (χ0n) is 33.2. The smallest absolute Gasteiger partial charge is 0.293 e. The molecule has 1 saturated carbocycles. The van der Waals surface area contributed by atoms with Gasteiger partial charge in [-0.1, -0.05) is 38.4 Å². The number of carbonyl (C=O) groups excluding carboxylic acids is 1. The highest BCUT2D eigenvalue weighted by Crippen LogP contribution is 2.68. The van der Waals surface area contributed by atoms with Crippen molar-refractivity contribution in [2.24, 2.45) is 18.4 Å². The molecule has 3 heterocycles. The molecule has 8 rings (SSSR count). The molecule has 0 aliphatic heterocycles. The number of sulfonamides is 1. The normalized spacial score (nSPS) is 17.7. The second-order valence-electron chi connectivity index (χ2n) is 16.6. The summed E-state index contributed by atoms with van der Waals surface area (Å²) in [7, 11) is -2.57. The number of nitrogens with one attached hydrogen (secondary N) is 2. The van der Waals surface area contributed by atoms with Crippen LogP contribution >= 0.6 is 11.6 Å². The minimum atomic E-state index is -3.96. The van der Waals surface area contributed by atoms with Crippen LogP contribution in [0.5, 0.6) is 0 Å². The number of hydrogen-bond acceptors (Lipinski definition) is 7. The van der Waals surface area contributed by atoms with Crippen molar-refractivity contribution in [1.29, 1.82) is 0 Å². The molecule has 22 heteroatoms. The summed E-state index contributed by atoms with van der Waals surface area (Å²) in [5.41, 5.74) is -5.72. The van der Waals surface area contributed by atoms with Crippen molar-refractivity contribution < 1.29 is 48.3 Å². The van der Waals surface area contributed by atoms with Crippen molar-refractivity contribution in [3.8, 4) is 5.69 Å². The number of halogens is 9. The molecular weight excluding hydrogens is 876 g/mol. The first-order valence-electron chi connectivity index (χ1n) is 18.9. The Morgan fingerprint density at radius 2 is 1.71 bits per heavy atom. The number of amides is 1. The second-order valence-corrected chi connectivity index (χ2v) is 18.7. The largest absolute Gasteiger partial charge is 0.344 e. The minimum absolute atomic E-state index is 0.00987. The molecule has 1 amide bonds. The molecule has 6 aromatic rings. The Kier molecular flexibility index (Phi) is 10.1. The number of hydrogen-bond donors (Lipinski definition) is 2. The predicted molar refractivity (Wildman–Crippen MR) is 211 cm³/mol. The lowest BCUT2D eigenvalue weighted by molar-refractivity contribution is -0.123. The van der Waals surface area contributed by atoms with Gasteiger partial charge >= 0.3 is 0 Å². The lowest BCUT2D eigenvalue weighted by Gasteiger charge is -2.31. The van der Waals surface area contributed by atoms with E-state index in [0.29, 0.717) is 10.7 Å². The quantitative estimate of drug-likeness (QED) is 0.125. The van der Waals surface area contributed by atoms with Gasteiger partial charge in [0.2, 0.25) is 15.9 Å². The Morgan fingerprint density at radius 1 is 1.03 bits per heavy atom. The number of aryl methyl sites for hydroxylation is 1. The molecule has 2 aliphatic carbocycles. The number of rotatable bonds is 11. The van der Waals surface area contributed by atoms with Gasteiger partial charge in [0.25, 0.3) is 23.8 Å². The fourth-order valence-corrected chi connectivity index (χ4v) is 8.94. The highest BCUT2D eigenvalue weighted by Gasteiger charge is 2.67. The maximum Gasteiger partial charge on any atom is 0.293 e. The van der Waals surface area contributed by atoms with Gasteiger partial charge in [-0.15, -0.1) is 0 Å². The van der Waals surface area contributed by atoms with Crippen LogP contribution in [-0.2, 0) is 46.7 Å². The predicted octanol–water partition coefficient (Wildman–Crippen LogP) is 8.16. The van der Waals surface area contributed by atoms with Gasteiger partial charge < -0.3 is 5.32 Å². The third-order valence-corrected chi connectivity index (χ3v) is 12.0. The molecule has 3 aromatic carbocycles. The summed E-state index contributed by atoms with van der Waals surface area (Å²) in [6, 6.07) is 6.45. The van der Waals surface area contributed by atoms with Crippen LogP contribution < -0.4 is 15.6 Å². The molecule has 3 aromatic heterocycles. The summed E-state index contributed by atoms with van der Waals surface area (Å²) in [6.07, 6.45) is -3.02. The van der Waals surface area contributed by atoms with E-state index in [1.165, 1.54) is 44.6 Å². The standard InChI is InChI=1S/C40H35ClF8N8O4S/c1-38(2,3)40(48,49)18-6-7-21-25(13-18)51-36(57(37(21)59)27-9-8-24(41)30-32(27)55(4)53-35(30)54-62(5,60)61)26(12-17-10-19(42)14-20(43)11-17)50-28(58)16-56-33-29(31(52-56)34(44)45)22-15-23(22)39(33,46)47/h6-11,13-14,22-23,26,34H,12,15-16H2,1-5H3,(H,50,58)(H,53,54)/t22-,23?,26-/m0/s1. The molecule has 12 nitrogen and oxygen atoms in total.